The molecule has 140 valence electrons. The van der Waals surface area contributed by atoms with Crippen molar-refractivity contribution in [3.8, 4) is 5.69 Å². The summed E-state index contributed by atoms with van der Waals surface area (Å²) in [5.74, 6) is 0.0733. The summed E-state index contributed by atoms with van der Waals surface area (Å²) >= 11 is 0. The zero-order valence-corrected chi connectivity index (χ0v) is 15.2. The third-order valence-corrected chi connectivity index (χ3v) is 4.94. The standard InChI is InChI=1S/C20H24N6O/c27-20(23-17-6-1-7-18(16-17)26-15-4-10-22-26)19-8-2-11-24(19)12-5-14-25-13-3-9-21-25/h1,3-4,6-7,9-10,13,15-16,19H,2,5,8,11-12,14H2,(H,23,27)/t19-/m0/s1. The molecule has 0 aliphatic carbocycles. The molecule has 1 atom stereocenters. The molecule has 1 saturated heterocycles. The lowest BCUT2D eigenvalue weighted by atomic mass is 10.2. The van der Waals surface area contributed by atoms with E-state index in [0.717, 1.165) is 50.3 Å². The van der Waals surface area contributed by atoms with Gasteiger partial charge in [0, 0.05) is 43.6 Å². The number of anilines is 1. The number of carbonyl (C=O) groups is 1. The summed E-state index contributed by atoms with van der Waals surface area (Å²) in [5.41, 5.74) is 1.73. The van der Waals surface area contributed by atoms with Crippen LogP contribution in [0.25, 0.3) is 5.69 Å². The summed E-state index contributed by atoms with van der Waals surface area (Å²) in [6.07, 6.45) is 10.4. The second-order valence-electron chi connectivity index (χ2n) is 6.81. The van der Waals surface area contributed by atoms with Gasteiger partial charge in [-0.3, -0.25) is 14.4 Å². The zero-order chi connectivity index (χ0) is 18.5. The molecule has 0 unspecified atom stereocenters. The molecule has 0 radical (unpaired) electrons. The Hall–Kier alpha value is -2.93. The fraction of sp³-hybridized carbons (Fsp3) is 0.350. The van der Waals surface area contributed by atoms with Crippen molar-refractivity contribution in [3.63, 3.8) is 0 Å². The van der Waals surface area contributed by atoms with Crippen LogP contribution in [0, 0.1) is 0 Å². The zero-order valence-electron chi connectivity index (χ0n) is 15.2. The second-order valence-corrected chi connectivity index (χ2v) is 6.81. The average Bonchev–Trinajstić information content (AvgIpc) is 3.44. The third-order valence-electron chi connectivity index (χ3n) is 4.94. The summed E-state index contributed by atoms with van der Waals surface area (Å²) in [7, 11) is 0. The predicted octanol–water partition coefficient (Wildman–Crippen LogP) is 2.56. The van der Waals surface area contributed by atoms with E-state index >= 15 is 0 Å². The van der Waals surface area contributed by atoms with Crippen LogP contribution in [0.2, 0.25) is 0 Å². The molecule has 0 spiro atoms. The highest BCUT2D eigenvalue weighted by atomic mass is 16.2. The highest BCUT2D eigenvalue weighted by Gasteiger charge is 2.30. The predicted molar refractivity (Wildman–Crippen MR) is 104 cm³/mol. The van der Waals surface area contributed by atoms with Crippen LogP contribution in [0.15, 0.2) is 61.2 Å². The summed E-state index contributed by atoms with van der Waals surface area (Å²) in [6, 6.07) is 11.5. The van der Waals surface area contributed by atoms with Crippen molar-refractivity contribution >= 4 is 11.6 Å². The Morgan fingerprint density at radius 3 is 2.81 bits per heavy atom. The molecule has 7 nitrogen and oxygen atoms in total. The van der Waals surface area contributed by atoms with E-state index in [1.807, 2.05) is 53.5 Å². The van der Waals surface area contributed by atoms with Gasteiger partial charge in [0.25, 0.3) is 0 Å². The number of nitrogens with one attached hydrogen (secondary N) is 1. The van der Waals surface area contributed by atoms with Gasteiger partial charge in [0.1, 0.15) is 0 Å². The van der Waals surface area contributed by atoms with Crippen molar-refractivity contribution in [2.45, 2.75) is 31.8 Å². The van der Waals surface area contributed by atoms with Gasteiger partial charge < -0.3 is 5.32 Å². The van der Waals surface area contributed by atoms with Gasteiger partial charge in [-0.05, 0) is 56.1 Å². The molecule has 3 aromatic rings. The van der Waals surface area contributed by atoms with Gasteiger partial charge >= 0.3 is 0 Å². The lowest BCUT2D eigenvalue weighted by Gasteiger charge is -2.23. The highest BCUT2D eigenvalue weighted by Crippen LogP contribution is 2.20. The van der Waals surface area contributed by atoms with Crippen molar-refractivity contribution in [2.75, 3.05) is 18.4 Å². The molecule has 1 aliphatic heterocycles. The van der Waals surface area contributed by atoms with E-state index in [1.54, 1.807) is 17.1 Å². The Morgan fingerprint density at radius 2 is 2.00 bits per heavy atom. The van der Waals surface area contributed by atoms with Gasteiger partial charge in [0.2, 0.25) is 5.91 Å². The van der Waals surface area contributed by atoms with Crippen molar-refractivity contribution in [1.29, 1.82) is 0 Å². The van der Waals surface area contributed by atoms with E-state index < -0.39 is 0 Å². The first-order valence-corrected chi connectivity index (χ1v) is 9.42. The quantitative estimate of drug-likeness (QED) is 0.700. The van der Waals surface area contributed by atoms with Crippen LogP contribution < -0.4 is 5.32 Å². The molecule has 0 saturated carbocycles. The molecule has 1 N–H and O–H groups in total. The maximum Gasteiger partial charge on any atom is 0.241 e. The van der Waals surface area contributed by atoms with Crippen LogP contribution in [0.1, 0.15) is 19.3 Å². The Labute approximate surface area is 158 Å². The van der Waals surface area contributed by atoms with Crippen LogP contribution in [-0.4, -0.2) is 49.5 Å². The van der Waals surface area contributed by atoms with Gasteiger partial charge in [0.15, 0.2) is 0 Å². The van der Waals surface area contributed by atoms with Crippen LogP contribution in [0.4, 0.5) is 5.69 Å². The fourth-order valence-corrected chi connectivity index (χ4v) is 3.63. The number of carbonyl (C=O) groups excluding carboxylic acids is 1. The highest BCUT2D eigenvalue weighted by molar-refractivity contribution is 5.95. The molecule has 1 aromatic carbocycles. The monoisotopic (exact) mass is 364 g/mol. The molecule has 4 rings (SSSR count). The van der Waals surface area contributed by atoms with Gasteiger partial charge in [0.05, 0.1) is 11.7 Å². The van der Waals surface area contributed by atoms with E-state index in [9.17, 15) is 4.79 Å². The number of hydrogen-bond acceptors (Lipinski definition) is 4. The molecule has 1 fully saturated rings. The number of benzene rings is 1. The molecule has 2 aromatic heterocycles. The minimum absolute atomic E-state index is 0.0593. The first-order valence-electron chi connectivity index (χ1n) is 9.42. The van der Waals surface area contributed by atoms with Crippen LogP contribution in [0.3, 0.4) is 0 Å². The van der Waals surface area contributed by atoms with Gasteiger partial charge in [-0.25, -0.2) is 4.68 Å². The number of nitrogens with zero attached hydrogens (tertiary/aromatic N) is 5. The molecule has 7 heteroatoms. The number of aryl methyl sites for hydroxylation is 1. The fourth-order valence-electron chi connectivity index (χ4n) is 3.63. The summed E-state index contributed by atoms with van der Waals surface area (Å²) in [4.78, 5) is 15.1. The number of rotatable bonds is 7. The Morgan fingerprint density at radius 1 is 1.11 bits per heavy atom. The summed E-state index contributed by atoms with van der Waals surface area (Å²) in [5, 5.41) is 11.6. The molecule has 0 bridgehead atoms. The van der Waals surface area contributed by atoms with E-state index in [-0.39, 0.29) is 11.9 Å². The second kappa shape index (κ2) is 8.18. The van der Waals surface area contributed by atoms with Gasteiger partial charge in [-0.2, -0.15) is 10.2 Å². The molecule has 1 aliphatic rings. The van der Waals surface area contributed by atoms with Crippen LogP contribution in [0.5, 0.6) is 0 Å². The van der Waals surface area contributed by atoms with E-state index in [4.69, 9.17) is 0 Å². The lowest BCUT2D eigenvalue weighted by Crippen LogP contribution is -2.40. The topological polar surface area (TPSA) is 68.0 Å². The van der Waals surface area contributed by atoms with Crippen molar-refractivity contribution < 1.29 is 4.79 Å². The summed E-state index contributed by atoms with van der Waals surface area (Å²) in [6.45, 7) is 2.76. The largest absolute Gasteiger partial charge is 0.325 e. The van der Waals surface area contributed by atoms with Crippen LogP contribution >= 0.6 is 0 Å². The molecule has 3 heterocycles. The smallest absolute Gasteiger partial charge is 0.241 e. The normalized spacial score (nSPS) is 17.3. The minimum Gasteiger partial charge on any atom is -0.325 e. The number of aromatic nitrogens is 4. The number of amides is 1. The number of likely N-dealkylation sites (tertiary alicyclic amines) is 1. The number of hydrogen-bond donors (Lipinski definition) is 1. The van der Waals surface area contributed by atoms with Crippen molar-refractivity contribution in [1.82, 2.24) is 24.5 Å². The molecular weight excluding hydrogens is 340 g/mol. The maximum absolute atomic E-state index is 12.8. The molecular formula is C20H24N6O. The van der Waals surface area contributed by atoms with Crippen molar-refractivity contribution in [3.05, 3.63) is 61.2 Å². The average molecular weight is 364 g/mol. The first kappa shape index (κ1) is 17.5. The third kappa shape index (κ3) is 4.25. The molecule has 27 heavy (non-hydrogen) atoms. The SMILES string of the molecule is O=C(Nc1cccc(-n2cccn2)c1)[C@@H]1CCCN1CCCn1cccn1. The van der Waals surface area contributed by atoms with E-state index in [0.29, 0.717) is 0 Å². The first-order chi connectivity index (χ1) is 13.3. The Bertz CT molecular complexity index is 859. The molecule has 1 amide bonds. The van der Waals surface area contributed by atoms with Gasteiger partial charge in [-0.15, -0.1) is 0 Å². The van der Waals surface area contributed by atoms with E-state index in [1.165, 1.54) is 0 Å². The Kier molecular flexibility index (Phi) is 5.29. The van der Waals surface area contributed by atoms with E-state index in [2.05, 4.69) is 20.4 Å². The summed E-state index contributed by atoms with van der Waals surface area (Å²) < 4.78 is 3.72. The van der Waals surface area contributed by atoms with Crippen molar-refractivity contribution in [2.24, 2.45) is 0 Å². The van der Waals surface area contributed by atoms with Crippen LogP contribution in [-0.2, 0) is 11.3 Å². The lowest BCUT2D eigenvalue weighted by molar-refractivity contribution is -0.120. The maximum atomic E-state index is 12.8. The Balaban J connectivity index is 1.35. The van der Waals surface area contributed by atoms with Gasteiger partial charge in [-0.1, -0.05) is 6.07 Å². The minimum atomic E-state index is -0.0593.